The predicted molar refractivity (Wildman–Crippen MR) is 100 cm³/mol. The zero-order valence-electron chi connectivity index (χ0n) is 13.5. The molecule has 0 bridgehead atoms. The molecule has 3 rings (SSSR count). The molecular weight excluding hydrogens is 359 g/mol. The van der Waals surface area contributed by atoms with Crippen molar-refractivity contribution < 1.29 is 9.59 Å². The molecule has 2 amide bonds. The molecule has 128 valence electrons. The van der Waals surface area contributed by atoms with Crippen LogP contribution in [0.2, 0.25) is 10.0 Å². The lowest BCUT2D eigenvalue weighted by molar-refractivity contribution is -0.129. The van der Waals surface area contributed by atoms with E-state index in [0.29, 0.717) is 15.7 Å². The summed E-state index contributed by atoms with van der Waals surface area (Å²) >= 11 is 12.0. The van der Waals surface area contributed by atoms with Gasteiger partial charge in [0.2, 0.25) is 11.8 Å². The number of hydrogen-bond donors (Lipinski definition) is 1. The average molecular weight is 375 g/mol. The van der Waals surface area contributed by atoms with Crippen molar-refractivity contribution in [3.8, 4) is 0 Å². The van der Waals surface area contributed by atoms with Crippen LogP contribution in [0.1, 0.15) is 30.5 Å². The summed E-state index contributed by atoms with van der Waals surface area (Å²) < 4.78 is 0. The van der Waals surface area contributed by atoms with Crippen LogP contribution in [0.15, 0.2) is 48.7 Å². The highest BCUT2D eigenvalue weighted by Gasteiger charge is 2.28. The number of fused-ring (bicyclic) bond motifs is 1. The number of amides is 2. The summed E-state index contributed by atoms with van der Waals surface area (Å²) in [5, 5.41) is 3.65. The highest BCUT2D eigenvalue weighted by molar-refractivity contribution is 6.36. The van der Waals surface area contributed by atoms with E-state index in [1.165, 1.54) is 6.92 Å². The molecule has 25 heavy (non-hydrogen) atoms. The number of carbonyl (C=O) groups is 2. The summed E-state index contributed by atoms with van der Waals surface area (Å²) in [6.45, 7) is 1.49. The minimum Gasteiger partial charge on any atom is -0.325 e. The SMILES string of the molecule is CC(=O)N1C=Cc2ccccc2[C@H]1CC(=O)Nc1ccc(Cl)cc1Cl. The molecule has 0 radical (unpaired) electrons. The van der Waals surface area contributed by atoms with Crippen LogP contribution in [-0.2, 0) is 9.59 Å². The van der Waals surface area contributed by atoms with E-state index in [1.807, 2.05) is 30.3 Å². The summed E-state index contributed by atoms with van der Waals surface area (Å²) in [5.74, 6) is -0.348. The Morgan fingerprint density at radius 3 is 2.64 bits per heavy atom. The van der Waals surface area contributed by atoms with Crippen molar-refractivity contribution in [1.82, 2.24) is 4.90 Å². The minimum atomic E-state index is -0.357. The van der Waals surface area contributed by atoms with E-state index in [0.717, 1.165) is 11.1 Å². The average Bonchev–Trinajstić information content (AvgIpc) is 2.57. The van der Waals surface area contributed by atoms with Crippen molar-refractivity contribution in [3.63, 3.8) is 0 Å². The van der Waals surface area contributed by atoms with Crippen molar-refractivity contribution >= 4 is 46.8 Å². The lowest BCUT2D eigenvalue weighted by Crippen LogP contribution is -2.33. The molecule has 1 aliphatic rings. The van der Waals surface area contributed by atoms with E-state index in [1.54, 1.807) is 29.3 Å². The van der Waals surface area contributed by atoms with Crippen LogP contribution in [0.4, 0.5) is 5.69 Å². The van der Waals surface area contributed by atoms with Crippen molar-refractivity contribution in [3.05, 3.63) is 69.8 Å². The van der Waals surface area contributed by atoms with Gasteiger partial charge in [-0.1, -0.05) is 47.5 Å². The summed E-state index contributed by atoms with van der Waals surface area (Å²) in [6.07, 6.45) is 3.72. The van der Waals surface area contributed by atoms with Gasteiger partial charge >= 0.3 is 0 Å². The molecule has 0 saturated heterocycles. The van der Waals surface area contributed by atoms with E-state index in [2.05, 4.69) is 5.32 Å². The van der Waals surface area contributed by atoms with Gasteiger partial charge in [0.1, 0.15) is 0 Å². The summed E-state index contributed by atoms with van der Waals surface area (Å²) in [6, 6.07) is 12.2. The van der Waals surface area contributed by atoms with Crippen LogP contribution in [0.25, 0.3) is 6.08 Å². The lowest BCUT2D eigenvalue weighted by atomic mass is 9.93. The molecule has 1 N–H and O–H groups in total. The second kappa shape index (κ2) is 7.30. The van der Waals surface area contributed by atoms with E-state index in [9.17, 15) is 9.59 Å². The Morgan fingerprint density at radius 2 is 1.92 bits per heavy atom. The fourth-order valence-electron chi connectivity index (χ4n) is 2.88. The first kappa shape index (κ1) is 17.5. The number of hydrogen-bond acceptors (Lipinski definition) is 2. The fourth-order valence-corrected chi connectivity index (χ4v) is 3.34. The van der Waals surface area contributed by atoms with Crippen LogP contribution in [0.3, 0.4) is 0 Å². The monoisotopic (exact) mass is 374 g/mol. The molecule has 1 heterocycles. The van der Waals surface area contributed by atoms with Crippen molar-refractivity contribution in [2.75, 3.05) is 5.32 Å². The van der Waals surface area contributed by atoms with Gasteiger partial charge in [0.15, 0.2) is 0 Å². The Morgan fingerprint density at radius 1 is 1.16 bits per heavy atom. The topological polar surface area (TPSA) is 49.4 Å². The van der Waals surface area contributed by atoms with Crippen LogP contribution in [0, 0.1) is 0 Å². The first-order valence-electron chi connectivity index (χ1n) is 7.76. The van der Waals surface area contributed by atoms with Gasteiger partial charge in [-0.15, -0.1) is 0 Å². The third-order valence-electron chi connectivity index (χ3n) is 4.05. The fraction of sp³-hybridized carbons (Fsp3) is 0.158. The van der Waals surface area contributed by atoms with Crippen LogP contribution in [0.5, 0.6) is 0 Å². The van der Waals surface area contributed by atoms with Crippen molar-refractivity contribution in [2.45, 2.75) is 19.4 Å². The number of carbonyl (C=O) groups excluding carboxylic acids is 2. The molecular formula is C19H16Cl2N2O2. The number of nitrogens with one attached hydrogen (secondary N) is 1. The van der Waals surface area contributed by atoms with Crippen LogP contribution < -0.4 is 5.32 Å². The maximum atomic E-state index is 12.5. The van der Waals surface area contributed by atoms with Gasteiger partial charge in [-0.25, -0.2) is 0 Å². The normalized spacial score (nSPS) is 15.6. The summed E-state index contributed by atoms with van der Waals surface area (Å²) in [5.41, 5.74) is 2.44. The van der Waals surface area contributed by atoms with Gasteiger partial charge in [0.05, 0.1) is 23.2 Å². The van der Waals surface area contributed by atoms with E-state index >= 15 is 0 Å². The number of benzene rings is 2. The Labute approximate surface area is 156 Å². The molecule has 0 unspecified atom stereocenters. The second-order valence-corrected chi connectivity index (χ2v) is 6.61. The number of nitrogens with zero attached hydrogens (tertiary/aromatic N) is 1. The molecule has 0 fully saturated rings. The van der Waals surface area contributed by atoms with E-state index in [-0.39, 0.29) is 24.3 Å². The Kier molecular flexibility index (Phi) is 5.11. The van der Waals surface area contributed by atoms with Gasteiger partial charge in [-0.3, -0.25) is 9.59 Å². The summed E-state index contributed by atoms with van der Waals surface area (Å²) in [4.78, 5) is 26.1. The molecule has 4 nitrogen and oxygen atoms in total. The number of rotatable bonds is 3. The molecule has 0 saturated carbocycles. The Balaban J connectivity index is 1.82. The first-order chi connectivity index (χ1) is 12.0. The standard InChI is InChI=1S/C19H16Cl2N2O2/c1-12(24)23-9-8-13-4-2-3-5-15(13)18(23)11-19(25)22-17-7-6-14(20)10-16(17)21/h2-10,18H,11H2,1H3,(H,22,25)/t18-/m1/s1. The number of halogens is 2. The van der Waals surface area contributed by atoms with E-state index < -0.39 is 0 Å². The van der Waals surface area contributed by atoms with Gasteiger partial charge in [0, 0.05) is 18.1 Å². The molecule has 6 heteroatoms. The molecule has 0 aromatic heterocycles. The maximum Gasteiger partial charge on any atom is 0.226 e. The Hall–Kier alpha value is -2.30. The molecule has 0 aliphatic carbocycles. The van der Waals surface area contributed by atoms with Gasteiger partial charge < -0.3 is 10.2 Å². The first-order valence-corrected chi connectivity index (χ1v) is 8.52. The zero-order valence-corrected chi connectivity index (χ0v) is 15.0. The van der Waals surface area contributed by atoms with Crippen LogP contribution >= 0.6 is 23.2 Å². The lowest BCUT2D eigenvalue weighted by Gasteiger charge is -2.32. The highest BCUT2D eigenvalue weighted by Crippen LogP contribution is 2.33. The zero-order chi connectivity index (χ0) is 18.0. The van der Waals surface area contributed by atoms with Gasteiger partial charge in [-0.05, 0) is 35.4 Å². The molecule has 0 spiro atoms. The molecule has 1 atom stereocenters. The van der Waals surface area contributed by atoms with Gasteiger partial charge in [0.25, 0.3) is 0 Å². The largest absolute Gasteiger partial charge is 0.325 e. The number of anilines is 1. The molecule has 2 aromatic rings. The highest BCUT2D eigenvalue weighted by atomic mass is 35.5. The maximum absolute atomic E-state index is 12.5. The van der Waals surface area contributed by atoms with Crippen molar-refractivity contribution in [2.24, 2.45) is 0 Å². The third-order valence-corrected chi connectivity index (χ3v) is 4.60. The second-order valence-electron chi connectivity index (χ2n) is 5.76. The van der Waals surface area contributed by atoms with Crippen LogP contribution in [-0.4, -0.2) is 16.7 Å². The smallest absolute Gasteiger partial charge is 0.226 e. The van der Waals surface area contributed by atoms with Gasteiger partial charge in [-0.2, -0.15) is 0 Å². The van der Waals surface area contributed by atoms with E-state index in [4.69, 9.17) is 23.2 Å². The minimum absolute atomic E-state index is 0.118. The Bertz CT molecular complexity index is 864. The van der Waals surface area contributed by atoms with Crippen molar-refractivity contribution in [1.29, 1.82) is 0 Å². The quantitative estimate of drug-likeness (QED) is 0.830. The predicted octanol–water partition coefficient (Wildman–Crippen LogP) is 4.90. The molecule has 1 aliphatic heterocycles. The summed E-state index contributed by atoms with van der Waals surface area (Å²) in [7, 11) is 0. The third kappa shape index (κ3) is 3.86. The molecule has 2 aromatic carbocycles.